The molecule has 2 aromatic rings. The Hall–Kier alpha value is -2.34. The van der Waals surface area contributed by atoms with E-state index in [1.54, 1.807) is 25.1 Å². The van der Waals surface area contributed by atoms with Crippen molar-refractivity contribution >= 4 is 21.6 Å². The molecule has 0 spiro atoms. The number of nitrogens with zero attached hydrogens (tertiary/aromatic N) is 1. The third-order valence-corrected chi connectivity index (χ3v) is 5.50. The normalized spacial score (nSPS) is 12.5. The summed E-state index contributed by atoms with van der Waals surface area (Å²) in [4.78, 5) is 12.7. The first kappa shape index (κ1) is 19.0. The fraction of sp³-hybridized carbons (Fsp3) is 0.316. The van der Waals surface area contributed by atoms with E-state index >= 15 is 0 Å². The third-order valence-electron chi connectivity index (χ3n) is 4.31. The number of carbonyl (C=O) groups is 1. The van der Waals surface area contributed by atoms with Crippen LogP contribution in [0.4, 0.5) is 5.69 Å². The van der Waals surface area contributed by atoms with Crippen molar-refractivity contribution in [3.05, 3.63) is 64.7 Å². The third kappa shape index (κ3) is 4.39. The van der Waals surface area contributed by atoms with Crippen molar-refractivity contribution in [2.75, 3.05) is 17.6 Å². The van der Waals surface area contributed by atoms with Crippen LogP contribution in [0.15, 0.2) is 42.5 Å². The van der Waals surface area contributed by atoms with Gasteiger partial charge in [-0.2, -0.15) is 0 Å². The molecule has 1 atom stereocenters. The van der Waals surface area contributed by atoms with Gasteiger partial charge in [0.05, 0.1) is 18.0 Å². The molecule has 0 aliphatic carbocycles. The van der Waals surface area contributed by atoms with E-state index in [9.17, 15) is 13.2 Å². The van der Waals surface area contributed by atoms with Crippen LogP contribution in [0.1, 0.15) is 40.0 Å². The number of nitrogens with one attached hydrogen (secondary N) is 1. The molecule has 0 saturated heterocycles. The Balaban J connectivity index is 2.26. The zero-order chi connectivity index (χ0) is 18.8. The van der Waals surface area contributed by atoms with Gasteiger partial charge in [-0.15, -0.1) is 0 Å². The molecule has 0 bridgehead atoms. The molecule has 0 radical (unpaired) electrons. The van der Waals surface area contributed by atoms with Crippen molar-refractivity contribution in [2.45, 2.75) is 26.8 Å². The lowest BCUT2D eigenvalue weighted by atomic mass is 10.0. The van der Waals surface area contributed by atoms with E-state index in [0.29, 0.717) is 16.8 Å². The van der Waals surface area contributed by atoms with Crippen molar-refractivity contribution in [3.63, 3.8) is 0 Å². The van der Waals surface area contributed by atoms with Crippen LogP contribution in [0.25, 0.3) is 0 Å². The van der Waals surface area contributed by atoms with Gasteiger partial charge in [0.25, 0.3) is 5.91 Å². The summed E-state index contributed by atoms with van der Waals surface area (Å²) in [7, 11) is -1.91. The number of carbonyl (C=O) groups excluding carboxylic acids is 1. The second-order valence-corrected chi connectivity index (χ2v) is 8.30. The second kappa shape index (κ2) is 7.27. The highest BCUT2D eigenvalue weighted by Gasteiger charge is 2.19. The van der Waals surface area contributed by atoms with Crippen LogP contribution < -0.4 is 9.62 Å². The molecule has 1 unspecified atom stereocenters. The molecule has 0 aliphatic rings. The van der Waals surface area contributed by atoms with Gasteiger partial charge in [-0.1, -0.05) is 35.9 Å². The molecule has 1 amide bonds. The lowest BCUT2D eigenvalue weighted by molar-refractivity contribution is 0.0939. The SMILES string of the molecule is Cc1ccc(C(C)NC(=O)c2cccc(N(C)S(C)(=O)=O)c2C)cc1. The van der Waals surface area contributed by atoms with Gasteiger partial charge in [-0.05, 0) is 44.0 Å². The maximum atomic E-state index is 12.7. The minimum atomic E-state index is -3.39. The van der Waals surface area contributed by atoms with Gasteiger partial charge in [-0.25, -0.2) is 8.42 Å². The molecular weight excluding hydrogens is 336 g/mol. The molecule has 5 nitrogen and oxygen atoms in total. The minimum absolute atomic E-state index is 0.149. The van der Waals surface area contributed by atoms with Gasteiger partial charge in [0.2, 0.25) is 10.0 Å². The average Bonchev–Trinajstić information content (AvgIpc) is 2.54. The topological polar surface area (TPSA) is 66.5 Å². The Morgan fingerprint density at radius 3 is 2.24 bits per heavy atom. The molecule has 2 rings (SSSR count). The molecular formula is C19H24N2O3S. The number of hydrogen-bond acceptors (Lipinski definition) is 3. The number of rotatable bonds is 5. The van der Waals surface area contributed by atoms with Gasteiger partial charge in [-0.3, -0.25) is 9.10 Å². The van der Waals surface area contributed by atoms with E-state index in [1.807, 2.05) is 38.1 Å². The van der Waals surface area contributed by atoms with E-state index in [4.69, 9.17) is 0 Å². The molecule has 0 aromatic heterocycles. The summed E-state index contributed by atoms with van der Waals surface area (Å²) in [6.45, 7) is 5.69. The van der Waals surface area contributed by atoms with Gasteiger partial charge in [0, 0.05) is 12.6 Å². The minimum Gasteiger partial charge on any atom is -0.346 e. The molecule has 1 N–H and O–H groups in total. The number of anilines is 1. The number of amides is 1. The van der Waals surface area contributed by atoms with Crippen molar-refractivity contribution in [1.82, 2.24) is 5.32 Å². The first-order valence-corrected chi connectivity index (χ1v) is 9.87. The van der Waals surface area contributed by atoms with Crippen LogP contribution in [0.2, 0.25) is 0 Å². The molecule has 0 fully saturated rings. The van der Waals surface area contributed by atoms with Crippen molar-refractivity contribution < 1.29 is 13.2 Å². The second-order valence-electron chi connectivity index (χ2n) is 6.29. The summed E-state index contributed by atoms with van der Waals surface area (Å²) in [5, 5.41) is 2.97. The van der Waals surface area contributed by atoms with Crippen LogP contribution in [-0.4, -0.2) is 27.6 Å². The molecule has 0 saturated carbocycles. The van der Waals surface area contributed by atoms with Gasteiger partial charge < -0.3 is 5.32 Å². The quantitative estimate of drug-likeness (QED) is 0.890. The summed E-state index contributed by atoms with van der Waals surface area (Å²) < 4.78 is 24.7. The molecule has 25 heavy (non-hydrogen) atoms. The Morgan fingerprint density at radius 2 is 1.68 bits per heavy atom. The molecule has 2 aromatic carbocycles. The highest BCUT2D eigenvalue weighted by atomic mass is 32.2. The van der Waals surface area contributed by atoms with Gasteiger partial charge in [0.1, 0.15) is 0 Å². The Morgan fingerprint density at radius 1 is 1.08 bits per heavy atom. The Labute approximate surface area is 149 Å². The summed E-state index contributed by atoms with van der Waals surface area (Å²) in [5.41, 5.74) is 3.77. The van der Waals surface area contributed by atoms with E-state index < -0.39 is 10.0 Å². The maximum absolute atomic E-state index is 12.7. The predicted octanol–water partition coefficient (Wildman–Crippen LogP) is 3.19. The highest BCUT2D eigenvalue weighted by Crippen LogP contribution is 2.24. The first-order chi connectivity index (χ1) is 11.6. The smallest absolute Gasteiger partial charge is 0.252 e. The average molecular weight is 360 g/mol. The predicted molar refractivity (Wildman–Crippen MR) is 101 cm³/mol. The van der Waals surface area contributed by atoms with E-state index in [0.717, 1.165) is 17.4 Å². The summed E-state index contributed by atoms with van der Waals surface area (Å²) in [5.74, 6) is -0.227. The van der Waals surface area contributed by atoms with E-state index in [2.05, 4.69) is 5.32 Å². The standard InChI is InChI=1S/C19H24N2O3S/c1-13-9-11-16(12-10-13)15(3)20-19(22)17-7-6-8-18(14(17)2)21(4)25(5,23)24/h6-12,15H,1-5H3,(H,20,22). The van der Waals surface area contributed by atoms with Crippen LogP contribution in [0.3, 0.4) is 0 Å². The van der Waals surface area contributed by atoms with Gasteiger partial charge >= 0.3 is 0 Å². The maximum Gasteiger partial charge on any atom is 0.252 e. The van der Waals surface area contributed by atoms with Crippen LogP contribution >= 0.6 is 0 Å². The molecule has 134 valence electrons. The number of hydrogen-bond donors (Lipinski definition) is 1. The van der Waals surface area contributed by atoms with Crippen molar-refractivity contribution in [1.29, 1.82) is 0 Å². The van der Waals surface area contributed by atoms with E-state index in [1.165, 1.54) is 11.4 Å². The zero-order valence-corrected chi connectivity index (χ0v) is 16.0. The summed E-state index contributed by atoms with van der Waals surface area (Å²) in [6.07, 6.45) is 1.14. The molecule has 0 heterocycles. The van der Waals surface area contributed by atoms with Crippen LogP contribution in [0, 0.1) is 13.8 Å². The summed E-state index contributed by atoms with van der Waals surface area (Å²) in [6, 6.07) is 12.9. The number of aryl methyl sites for hydroxylation is 1. The fourth-order valence-corrected chi connectivity index (χ4v) is 3.16. The zero-order valence-electron chi connectivity index (χ0n) is 15.2. The highest BCUT2D eigenvalue weighted by molar-refractivity contribution is 7.92. The molecule has 0 aliphatic heterocycles. The van der Waals surface area contributed by atoms with Crippen LogP contribution in [-0.2, 0) is 10.0 Å². The molecule has 6 heteroatoms. The van der Waals surface area contributed by atoms with E-state index in [-0.39, 0.29) is 11.9 Å². The van der Waals surface area contributed by atoms with Crippen molar-refractivity contribution in [3.8, 4) is 0 Å². The number of benzene rings is 2. The Bertz CT molecular complexity index is 874. The monoisotopic (exact) mass is 360 g/mol. The largest absolute Gasteiger partial charge is 0.346 e. The lowest BCUT2D eigenvalue weighted by Crippen LogP contribution is -2.29. The summed E-state index contributed by atoms with van der Waals surface area (Å²) >= 11 is 0. The Kier molecular flexibility index (Phi) is 5.52. The van der Waals surface area contributed by atoms with Crippen LogP contribution in [0.5, 0.6) is 0 Å². The fourth-order valence-electron chi connectivity index (χ4n) is 2.60. The van der Waals surface area contributed by atoms with Crippen molar-refractivity contribution in [2.24, 2.45) is 0 Å². The lowest BCUT2D eigenvalue weighted by Gasteiger charge is -2.21. The first-order valence-electron chi connectivity index (χ1n) is 8.02. The van der Waals surface area contributed by atoms with Gasteiger partial charge in [0.15, 0.2) is 0 Å². The number of sulfonamides is 1.